The summed E-state index contributed by atoms with van der Waals surface area (Å²) in [4.78, 5) is 4.67. The van der Waals surface area contributed by atoms with Crippen LogP contribution in [0.5, 0.6) is 5.75 Å². The predicted octanol–water partition coefficient (Wildman–Crippen LogP) is 5.51. The van der Waals surface area contributed by atoms with Gasteiger partial charge in [0.1, 0.15) is 17.1 Å². The van der Waals surface area contributed by atoms with Crippen molar-refractivity contribution in [3.63, 3.8) is 0 Å². The van der Waals surface area contributed by atoms with Crippen LogP contribution in [0.15, 0.2) is 102 Å². The van der Waals surface area contributed by atoms with Gasteiger partial charge in [0.05, 0.1) is 6.21 Å². The molecule has 2 N–H and O–H groups in total. The molecule has 0 saturated carbocycles. The molecule has 0 aliphatic carbocycles. The Kier molecular flexibility index (Phi) is 5.24. The summed E-state index contributed by atoms with van der Waals surface area (Å²) in [5.74, 6) is 0.414. The third-order valence-electron chi connectivity index (χ3n) is 5.09. The molecule has 0 aliphatic heterocycles. The molecule has 0 spiro atoms. The van der Waals surface area contributed by atoms with Crippen LogP contribution in [-0.4, -0.2) is 26.5 Å². The van der Waals surface area contributed by atoms with E-state index in [1.165, 1.54) is 0 Å². The Morgan fingerprint density at radius 1 is 0.688 bits per heavy atom. The minimum Gasteiger partial charge on any atom is -0.507 e. The third kappa shape index (κ3) is 3.89. The number of nitrogens with one attached hydrogen (secondary N) is 1. The van der Waals surface area contributed by atoms with Gasteiger partial charge in [0.15, 0.2) is 0 Å². The van der Waals surface area contributed by atoms with E-state index in [2.05, 4.69) is 25.7 Å². The molecule has 0 unspecified atom stereocenters. The lowest BCUT2D eigenvalue weighted by molar-refractivity contribution is 0.475. The zero-order chi connectivity index (χ0) is 21.8. The van der Waals surface area contributed by atoms with E-state index in [0.29, 0.717) is 17.0 Å². The highest BCUT2D eigenvalue weighted by molar-refractivity contribution is 6.02. The van der Waals surface area contributed by atoms with Crippen molar-refractivity contribution < 1.29 is 5.11 Å². The number of aromatic nitrogens is 3. The fourth-order valence-corrected chi connectivity index (χ4v) is 3.54. The molecule has 5 aromatic rings. The molecule has 0 fully saturated rings. The summed E-state index contributed by atoms with van der Waals surface area (Å²) in [5.41, 5.74) is 6.73. The van der Waals surface area contributed by atoms with Gasteiger partial charge in [-0.25, -0.2) is 10.4 Å². The van der Waals surface area contributed by atoms with Gasteiger partial charge in [-0.2, -0.15) is 5.10 Å². The highest BCUT2D eigenvalue weighted by Gasteiger charge is 2.13. The summed E-state index contributed by atoms with van der Waals surface area (Å²) < 4.78 is 0. The van der Waals surface area contributed by atoms with Crippen LogP contribution in [0.25, 0.3) is 33.3 Å². The van der Waals surface area contributed by atoms with Crippen LogP contribution in [0.4, 0.5) is 5.95 Å². The molecule has 0 radical (unpaired) electrons. The second-order valence-corrected chi connectivity index (χ2v) is 7.15. The molecule has 0 bridgehead atoms. The molecule has 6 nitrogen and oxygen atoms in total. The van der Waals surface area contributed by atoms with Crippen LogP contribution in [0, 0.1) is 0 Å². The maximum atomic E-state index is 10.3. The molecular formula is C26H19N5O. The van der Waals surface area contributed by atoms with E-state index >= 15 is 0 Å². The molecule has 5 rings (SSSR count). The monoisotopic (exact) mass is 417 g/mol. The number of benzene rings is 4. The Morgan fingerprint density at radius 2 is 1.34 bits per heavy atom. The molecule has 0 aliphatic rings. The van der Waals surface area contributed by atoms with Crippen molar-refractivity contribution in [2.45, 2.75) is 0 Å². The average molecular weight is 417 g/mol. The van der Waals surface area contributed by atoms with Crippen molar-refractivity contribution >= 4 is 22.9 Å². The van der Waals surface area contributed by atoms with Crippen LogP contribution in [-0.2, 0) is 0 Å². The fraction of sp³-hybridized carbons (Fsp3) is 0. The summed E-state index contributed by atoms with van der Waals surface area (Å²) in [6.07, 6.45) is 1.56. The summed E-state index contributed by atoms with van der Waals surface area (Å²) in [5, 5.41) is 25.1. The standard InChI is InChI=1S/C26H19N5O/c32-23-16-15-18-9-7-8-14-21(18)22(23)17-27-30-26-28-24(19-10-3-1-4-11-19)25(29-31-26)20-12-5-2-6-13-20/h1-17,32H,(H,28,30,31)/b27-17+. The molecule has 0 amide bonds. The van der Waals surface area contributed by atoms with Gasteiger partial charge in [-0.05, 0) is 16.8 Å². The minimum absolute atomic E-state index is 0.151. The third-order valence-corrected chi connectivity index (χ3v) is 5.09. The minimum atomic E-state index is 0.151. The quantitative estimate of drug-likeness (QED) is 0.291. The zero-order valence-corrected chi connectivity index (χ0v) is 17.1. The van der Waals surface area contributed by atoms with E-state index in [1.807, 2.05) is 91.0 Å². The molecule has 0 saturated heterocycles. The van der Waals surface area contributed by atoms with Crippen LogP contribution < -0.4 is 5.43 Å². The first-order valence-electron chi connectivity index (χ1n) is 10.1. The first-order chi connectivity index (χ1) is 15.8. The predicted molar refractivity (Wildman–Crippen MR) is 128 cm³/mol. The smallest absolute Gasteiger partial charge is 0.263 e. The number of hydrogen-bond acceptors (Lipinski definition) is 6. The van der Waals surface area contributed by atoms with E-state index < -0.39 is 0 Å². The van der Waals surface area contributed by atoms with Gasteiger partial charge < -0.3 is 5.11 Å². The number of phenols is 1. The number of hydrazone groups is 1. The van der Waals surface area contributed by atoms with Crippen molar-refractivity contribution in [3.8, 4) is 28.3 Å². The Balaban J connectivity index is 1.50. The Hall–Kier alpha value is -4.58. The van der Waals surface area contributed by atoms with E-state index in [9.17, 15) is 5.11 Å². The van der Waals surface area contributed by atoms with Crippen LogP contribution >= 0.6 is 0 Å². The number of nitrogens with zero attached hydrogens (tertiary/aromatic N) is 4. The van der Waals surface area contributed by atoms with Crippen molar-refractivity contribution in [3.05, 3.63) is 103 Å². The first kappa shape index (κ1) is 19.4. The van der Waals surface area contributed by atoms with Crippen LogP contribution in [0.3, 0.4) is 0 Å². The molecule has 1 aromatic heterocycles. The van der Waals surface area contributed by atoms with Crippen LogP contribution in [0.1, 0.15) is 5.56 Å². The second-order valence-electron chi connectivity index (χ2n) is 7.15. The highest BCUT2D eigenvalue weighted by Crippen LogP contribution is 2.29. The van der Waals surface area contributed by atoms with Crippen molar-refractivity contribution in [2.24, 2.45) is 5.10 Å². The van der Waals surface area contributed by atoms with Gasteiger partial charge in [-0.1, -0.05) is 91.0 Å². The lowest BCUT2D eigenvalue weighted by atomic mass is 10.0. The van der Waals surface area contributed by atoms with E-state index in [1.54, 1.807) is 12.3 Å². The Bertz CT molecular complexity index is 1400. The molecule has 1 heterocycles. The zero-order valence-electron chi connectivity index (χ0n) is 17.1. The normalized spacial score (nSPS) is 11.1. The van der Waals surface area contributed by atoms with Gasteiger partial charge in [-0.15, -0.1) is 10.2 Å². The largest absolute Gasteiger partial charge is 0.507 e. The van der Waals surface area contributed by atoms with Crippen molar-refractivity contribution in [1.29, 1.82) is 0 Å². The average Bonchev–Trinajstić information content (AvgIpc) is 2.86. The maximum absolute atomic E-state index is 10.3. The molecular weight excluding hydrogens is 398 g/mol. The van der Waals surface area contributed by atoms with E-state index in [0.717, 1.165) is 21.9 Å². The van der Waals surface area contributed by atoms with E-state index in [4.69, 9.17) is 0 Å². The number of anilines is 1. The van der Waals surface area contributed by atoms with Crippen molar-refractivity contribution in [2.75, 3.05) is 5.43 Å². The van der Waals surface area contributed by atoms with Gasteiger partial charge in [0.2, 0.25) is 0 Å². The topological polar surface area (TPSA) is 83.3 Å². The molecule has 4 aromatic carbocycles. The summed E-state index contributed by atoms with van der Waals surface area (Å²) in [6, 6.07) is 31.0. The van der Waals surface area contributed by atoms with Gasteiger partial charge >= 0.3 is 0 Å². The van der Waals surface area contributed by atoms with Crippen molar-refractivity contribution in [1.82, 2.24) is 15.2 Å². The van der Waals surface area contributed by atoms with Crippen LogP contribution in [0.2, 0.25) is 0 Å². The SMILES string of the molecule is Oc1ccc2ccccc2c1/C=N/Nc1nnc(-c2ccccc2)c(-c2ccccc2)n1. The maximum Gasteiger partial charge on any atom is 0.263 e. The second kappa shape index (κ2) is 8.65. The molecule has 32 heavy (non-hydrogen) atoms. The molecule has 0 atom stereocenters. The molecule has 154 valence electrons. The Morgan fingerprint density at radius 3 is 2.09 bits per heavy atom. The number of phenolic OH excluding ortho intramolecular Hbond substituents is 1. The first-order valence-corrected chi connectivity index (χ1v) is 10.1. The summed E-state index contributed by atoms with van der Waals surface area (Å²) in [7, 11) is 0. The number of hydrogen-bond donors (Lipinski definition) is 2. The fourth-order valence-electron chi connectivity index (χ4n) is 3.54. The lowest BCUT2D eigenvalue weighted by Crippen LogP contribution is -2.03. The summed E-state index contributed by atoms with van der Waals surface area (Å²) >= 11 is 0. The molecule has 6 heteroatoms. The number of fused-ring (bicyclic) bond motifs is 1. The van der Waals surface area contributed by atoms with Gasteiger partial charge in [0.25, 0.3) is 5.95 Å². The van der Waals surface area contributed by atoms with Gasteiger partial charge in [-0.3, -0.25) is 0 Å². The number of aromatic hydroxyl groups is 1. The lowest BCUT2D eigenvalue weighted by Gasteiger charge is -2.09. The number of rotatable bonds is 5. The highest BCUT2D eigenvalue weighted by atomic mass is 16.3. The summed E-state index contributed by atoms with van der Waals surface area (Å²) in [6.45, 7) is 0. The van der Waals surface area contributed by atoms with Gasteiger partial charge in [0, 0.05) is 16.7 Å². The Labute approximate surface area is 184 Å². The van der Waals surface area contributed by atoms with E-state index in [-0.39, 0.29) is 11.7 Å².